The highest BCUT2D eigenvalue weighted by atomic mass is 16.5. The van der Waals surface area contributed by atoms with Gasteiger partial charge in [0.15, 0.2) is 0 Å². The molecule has 1 fully saturated rings. The number of ether oxygens (including phenoxy) is 2. The standard InChI is InChI=1S/C17H24N2O4/c1-11(2)16-14-4-3-13(17(20)18-21)7-15(14)23-6-5-19(16)8-12-9-22-10-12/h3-4,7,11-12,16,21H,5-6,8-10H2,1-2H3,(H,18,20). The number of hydroxylamine groups is 1. The average Bonchev–Trinajstić information content (AvgIpc) is 2.68. The lowest BCUT2D eigenvalue weighted by atomic mass is 9.92. The number of carbonyl (C=O) groups is 1. The molecular formula is C17H24N2O4. The molecule has 6 heteroatoms. The minimum absolute atomic E-state index is 0.249. The number of nitrogens with zero attached hydrogens (tertiary/aromatic N) is 1. The minimum atomic E-state index is -0.523. The normalized spacial score (nSPS) is 22.0. The number of amides is 1. The van der Waals surface area contributed by atoms with E-state index in [1.54, 1.807) is 17.6 Å². The van der Waals surface area contributed by atoms with E-state index in [9.17, 15) is 4.79 Å². The van der Waals surface area contributed by atoms with Gasteiger partial charge >= 0.3 is 0 Å². The van der Waals surface area contributed by atoms with Crippen LogP contribution in [0.15, 0.2) is 18.2 Å². The zero-order valence-electron chi connectivity index (χ0n) is 13.6. The molecule has 1 atom stereocenters. The molecule has 0 spiro atoms. The number of nitrogens with one attached hydrogen (secondary N) is 1. The minimum Gasteiger partial charge on any atom is -0.492 e. The third kappa shape index (κ3) is 3.34. The zero-order chi connectivity index (χ0) is 16.4. The third-order valence-electron chi connectivity index (χ3n) is 4.56. The second kappa shape index (κ2) is 6.86. The van der Waals surface area contributed by atoms with Crippen molar-refractivity contribution in [3.63, 3.8) is 0 Å². The van der Waals surface area contributed by atoms with Crippen molar-refractivity contribution in [2.75, 3.05) is 32.9 Å². The molecule has 0 radical (unpaired) electrons. The fourth-order valence-electron chi connectivity index (χ4n) is 3.43. The Morgan fingerprint density at radius 1 is 1.43 bits per heavy atom. The highest BCUT2D eigenvalue weighted by Gasteiger charge is 2.32. The first kappa shape index (κ1) is 16.2. The van der Waals surface area contributed by atoms with Crippen molar-refractivity contribution < 1.29 is 19.5 Å². The largest absolute Gasteiger partial charge is 0.492 e. The summed E-state index contributed by atoms with van der Waals surface area (Å²) in [5.41, 5.74) is 3.17. The molecule has 2 aliphatic heterocycles. The van der Waals surface area contributed by atoms with Crippen LogP contribution in [0.4, 0.5) is 0 Å². The maximum atomic E-state index is 11.6. The van der Waals surface area contributed by atoms with Crippen LogP contribution in [0, 0.1) is 11.8 Å². The second-order valence-corrected chi connectivity index (χ2v) is 6.63. The van der Waals surface area contributed by atoms with Gasteiger partial charge in [-0.15, -0.1) is 0 Å². The van der Waals surface area contributed by atoms with E-state index >= 15 is 0 Å². The molecule has 2 aliphatic rings. The van der Waals surface area contributed by atoms with Gasteiger partial charge in [-0.05, 0) is 18.1 Å². The van der Waals surface area contributed by atoms with Crippen molar-refractivity contribution in [1.29, 1.82) is 0 Å². The first-order valence-corrected chi connectivity index (χ1v) is 8.13. The van der Waals surface area contributed by atoms with Gasteiger partial charge in [-0.25, -0.2) is 5.48 Å². The molecule has 0 bridgehead atoms. The molecule has 1 unspecified atom stereocenters. The molecule has 1 amide bonds. The van der Waals surface area contributed by atoms with Gasteiger partial charge < -0.3 is 9.47 Å². The van der Waals surface area contributed by atoms with Crippen molar-refractivity contribution >= 4 is 5.91 Å². The number of rotatable bonds is 4. The third-order valence-corrected chi connectivity index (χ3v) is 4.56. The SMILES string of the molecule is CC(C)C1c2ccc(C(=O)NO)cc2OCCN1CC1COC1. The average molecular weight is 320 g/mol. The Labute approximate surface area is 136 Å². The van der Waals surface area contributed by atoms with Crippen molar-refractivity contribution in [3.05, 3.63) is 29.3 Å². The molecule has 0 saturated carbocycles. The quantitative estimate of drug-likeness (QED) is 0.654. The number of benzene rings is 1. The Morgan fingerprint density at radius 2 is 2.22 bits per heavy atom. The lowest BCUT2D eigenvalue weighted by molar-refractivity contribution is -0.0546. The summed E-state index contributed by atoms with van der Waals surface area (Å²) in [6.45, 7) is 8.54. The maximum Gasteiger partial charge on any atom is 0.274 e. The fourth-order valence-corrected chi connectivity index (χ4v) is 3.43. The van der Waals surface area contributed by atoms with E-state index in [0.29, 0.717) is 24.0 Å². The van der Waals surface area contributed by atoms with Gasteiger partial charge in [0.2, 0.25) is 0 Å². The zero-order valence-corrected chi connectivity index (χ0v) is 13.6. The van der Waals surface area contributed by atoms with Crippen LogP contribution in [0.2, 0.25) is 0 Å². The lowest BCUT2D eigenvalue weighted by Gasteiger charge is -2.38. The van der Waals surface area contributed by atoms with Crippen molar-refractivity contribution in [1.82, 2.24) is 10.4 Å². The van der Waals surface area contributed by atoms with E-state index in [-0.39, 0.29) is 6.04 Å². The van der Waals surface area contributed by atoms with E-state index in [4.69, 9.17) is 14.7 Å². The first-order chi connectivity index (χ1) is 11.1. The summed E-state index contributed by atoms with van der Waals surface area (Å²) >= 11 is 0. The summed E-state index contributed by atoms with van der Waals surface area (Å²) < 4.78 is 11.2. The van der Waals surface area contributed by atoms with E-state index < -0.39 is 5.91 Å². The monoisotopic (exact) mass is 320 g/mol. The summed E-state index contributed by atoms with van der Waals surface area (Å²) in [6, 6.07) is 5.64. The highest BCUT2D eigenvalue weighted by molar-refractivity contribution is 5.93. The lowest BCUT2D eigenvalue weighted by Crippen LogP contribution is -2.43. The Bertz CT molecular complexity index is 572. The van der Waals surface area contributed by atoms with Gasteiger partial charge in [-0.2, -0.15) is 0 Å². The molecule has 2 heterocycles. The van der Waals surface area contributed by atoms with Crippen LogP contribution in [0.1, 0.15) is 35.8 Å². The van der Waals surface area contributed by atoms with Crippen LogP contribution in [0.5, 0.6) is 5.75 Å². The highest BCUT2D eigenvalue weighted by Crippen LogP contribution is 2.38. The van der Waals surface area contributed by atoms with Crippen molar-refractivity contribution in [2.45, 2.75) is 19.9 Å². The van der Waals surface area contributed by atoms with Gasteiger partial charge in [0.05, 0.1) is 13.2 Å². The van der Waals surface area contributed by atoms with Gasteiger partial charge in [0, 0.05) is 36.2 Å². The fraction of sp³-hybridized carbons (Fsp3) is 0.588. The number of fused-ring (bicyclic) bond motifs is 1. The smallest absolute Gasteiger partial charge is 0.274 e. The molecule has 1 aromatic carbocycles. The molecule has 6 nitrogen and oxygen atoms in total. The maximum absolute atomic E-state index is 11.6. The number of hydrogen-bond donors (Lipinski definition) is 2. The van der Waals surface area contributed by atoms with E-state index in [0.717, 1.165) is 37.6 Å². The van der Waals surface area contributed by atoms with Crippen LogP contribution >= 0.6 is 0 Å². The summed E-state index contributed by atoms with van der Waals surface area (Å²) in [4.78, 5) is 14.1. The number of hydrogen-bond acceptors (Lipinski definition) is 5. The topological polar surface area (TPSA) is 71.0 Å². The molecule has 0 aromatic heterocycles. The molecule has 0 aliphatic carbocycles. The van der Waals surface area contributed by atoms with Crippen LogP contribution in [-0.2, 0) is 4.74 Å². The predicted octanol–water partition coefficient (Wildman–Crippen LogP) is 1.84. The molecule has 23 heavy (non-hydrogen) atoms. The molecule has 3 rings (SSSR count). The van der Waals surface area contributed by atoms with E-state index in [2.05, 4.69) is 18.7 Å². The molecule has 1 saturated heterocycles. The Morgan fingerprint density at radius 3 is 2.83 bits per heavy atom. The van der Waals surface area contributed by atoms with Gasteiger partial charge in [-0.1, -0.05) is 19.9 Å². The Hall–Kier alpha value is -1.63. The summed E-state index contributed by atoms with van der Waals surface area (Å²) in [7, 11) is 0. The van der Waals surface area contributed by atoms with Gasteiger partial charge in [0.25, 0.3) is 5.91 Å². The Balaban J connectivity index is 1.90. The first-order valence-electron chi connectivity index (χ1n) is 8.13. The summed E-state index contributed by atoms with van der Waals surface area (Å²) in [6.07, 6.45) is 0. The summed E-state index contributed by atoms with van der Waals surface area (Å²) in [5.74, 6) is 1.23. The van der Waals surface area contributed by atoms with Crippen LogP contribution in [0.25, 0.3) is 0 Å². The molecule has 2 N–H and O–H groups in total. The predicted molar refractivity (Wildman–Crippen MR) is 84.7 cm³/mol. The molecule has 1 aromatic rings. The van der Waals surface area contributed by atoms with Crippen LogP contribution < -0.4 is 10.2 Å². The van der Waals surface area contributed by atoms with Crippen LogP contribution in [-0.4, -0.2) is 48.9 Å². The van der Waals surface area contributed by atoms with E-state index in [1.807, 2.05) is 6.07 Å². The second-order valence-electron chi connectivity index (χ2n) is 6.63. The Kier molecular flexibility index (Phi) is 4.84. The number of carbonyl (C=O) groups excluding carboxylic acids is 1. The van der Waals surface area contributed by atoms with Gasteiger partial charge in [0.1, 0.15) is 12.4 Å². The van der Waals surface area contributed by atoms with Gasteiger partial charge in [-0.3, -0.25) is 14.9 Å². The molecular weight excluding hydrogens is 296 g/mol. The van der Waals surface area contributed by atoms with Crippen molar-refractivity contribution in [3.8, 4) is 5.75 Å². The summed E-state index contributed by atoms with van der Waals surface area (Å²) in [5, 5.41) is 8.80. The van der Waals surface area contributed by atoms with Crippen LogP contribution in [0.3, 0.4) is 0 Å². The molecule has 126 valence electrons. The van der Waals surface area contributed by atoms with E-state index in [1.165, 1.54) is 0 Å². The van der Waals surface area contributed by atoms with Crippen molar-refractivity contribution in [2.24, 2.45) is 11.8 Å².